The maximum atomic E-state index is 12.1. The van der Waals surface area contributed by atoms with Crippen molar-refractivity contribution in [2.24, 2.45) is 5.92 Å². The summed E-state index contributed by atoms with van der Waals surface area (Å²) in [6.07, 6.45) is 0. The highest BCUT2D eigenvalue weighted by Gasteiger charge is 2.24. The van der Waals surface area contributed by atoms with Crippen LogP contribution in [0.25, 0.3) is 0 Å². The summed E-state index contributed by atoms with van der Waals surface area (Å²) < 4.78 is 33.2. The van der Waals surface area contributed by atoms with Crippen LogP contribution < -0.4 is 10.1 Å². The Kier molecular flexibility index (Phi) is 6.55. The summed E-state index contributed by atoms with van der Waals surface area (Å²) in [4.78, 5) is 11.7. The summed E-state index contributed by atoms with van der Waals surface area (Å²) in [7, 11) is 1.35. The van der Waals surface area contributed by atoms with E-state index in [0.717, 1.165) is 5.56 Å². The maximum Gasteiger partial charge on any atom is 0.387 e. The van der Waals surface area contributed by atoms with E-state index in [1.54, 1.807) is 12.1 Å². The number of ether oxygens (including phenoxy) is 2. The van der Waals surface area contributed by atoms with Gasteiger partial charge in [0, 0.05) is 6.04 Å². The normalized spacial score (nSPS) is 14.1. The van der Waals surface area contributed by atoms with Crippen molar-refractivity contribution in [3.05, 3.63) is 29.8 Å². The van der Waals surface area contributed by atoms with Crippen molar-refractivity contribution >= 4 is 5.97 Å². The number of methoxy groups -OCH3 is 1. The molecule has 0 bridgehead atoms. The van der Waals surface area contributed by atoms with Gasteiger partial charge in [-0.1, -0.05) is 26.0 Å². The fraction of sp³-hybridized carbons (Fsp3) is 0.533. The number of nitrogens with one attached hydrogen (secondary N) is 1. The Hall–Kier alpha value is -1.69. The van der Waals surface area contributed by atoms with E-state index >= 15 is 0 Å². The van der Waals surface area contributed by atoms with Crippen molar-refractivity contribution in [2.75, 3.05) is 7.11 Å². The van der Waals surface area contributed by atoms with Crippen molar-refractivity contribution in [2.45, 2.75) is 39.5 Å². The van der Waals surface area contributed by atoms with E-state index in [-0.39, 0.29) is 23.7 Å². The molecule has 1 aromatic rings. The molecule has 0 spiro atoms. The van der Waals surface area contributed by atoms with Gasteiger partial charge >= 0.3 is 12.6 Å². The van der Waals surface area contributed by atoms with Crippen molar-refractivity contribution in [3.63, 3.8) is 0 Å². The molecule has 0 radical (unpaired) electrons. The van der Waals surface area contributed by atoms with Crippen LogP contribution in [0.2, 0.25) is 0 Å². The summed E-state index contributed by atoms with van der Waals surface area (Å²) >= 11 is 0. The molecular weight excluding hydrogens is 280 g/mol. The second kappa shape index (κ2) is 7.93. The molecule has 1 N–H and O–H groups in total. The van der Waals surface area contributed by atoms with Gasteiger partial charge in [-0.05, 0) is 30.5 Å². The lowest BCUT2D eigenvalue weighted by Gasteiger charge is -2.24. The first kappa shape index (κ1) is 17.4. The zero-order valence-electron chi connectivity index (χ0n) is 12.6. The Morgan fingerprint density at radius 1 is 1.14 bits per heavy atom. The van der Waals surface area contributed by atoms with Gasteiger partial charge in [0.05, 0.1) is 7.11 Å². The zero-order valence-corrected chi connectivity index (χ0v) is 12.6. The SMILES string of the molecule is COC(=O)[C@@H](NC(C)c1ccc(OC(F)F)cc1)C(C)C. The summed E-state index contributed by atoms with van der Waals surface area (Å²) in [6, 6.07) is 5.76. The Balaban J connectivity index is 2.73. The number of hydrogen-bond donors (Lipinski definition) is 1. The van der Waals surface area contributed by atoms with Crippen LogP contribution in [0.5, 0.6) is 5.75 Å². The molecule has 6 heteroatoms. The fourth-order valence-corrected chi connectivity index (χ4v) is 1.96. The van der Waals surface area contributed by atoms with E-state index < -0.39 is 12.7 Å². The molecule has 2 atom stereocenters. The van der Waals surface area contributed by atoms with E-state index in [4.69, 9.17) is 4.74 Å². The largest absolute Gasteiger partial charge is 0.468 e. The molecule has 4 nitrogen and oxygen atoms in total. The quantitative estimate of drug-likeness (QED) is 0.786. The zero-order chi connectivity index (χ0) is 16.0. The summed E-state index contributed by atoms with van der Waals surface area (Å²) in [5, 5.41) is 3.18. The third-order valence-corrected chi connectivity index (χ3v) is 3.16. The first-order chi connectivity index (χ1) is 9.85. The first-order valence-electron chi connectivity index (χ1n) is 6.73. The molecule has 0 aliphatic rings. The molecule has 1 aromatic carbocycles. The maximum absolute atomic E-state index is 12.1. The Bertz CT molecular complexity index is 449. The average Bonchev–Trinajstić information content (AvgIpc) is 2.43. The molecule has 0 amide bonds. The van der Waals surface area contributed by atoms with Crippen LogP contribution in [0, 0.1) is 5.92 Å². The molecule has 0 aliphatic heterocycles. The van der Waals surface area contributed by atoms with Crippen LogP contribution in [0.1, 0.15) is 32.4 Å². The summed E-state index contributed by atoms with van der Waals surface area (Å²) in [5.41, 5.74) is 0.867. The summed E-state index contributed by atoms with van der Waals surface area (Å²) in [5.74, 6) is -0.148. The van der Waals surface area contributed by atoms with Gasteiger partial charge in [0.25, 0.3) is 0 Å². The van der Waals surface area contributed by atoms with Gasteiger partial charge in [-0.25, -0.2) is 0 Å². The minimum absolute atomic E-state index is 0.0707. The monoisotopic (exact) mass is 301 g/mol. The number of esters is 1. The lowest BCUT2D eigenvalue weighted by Crippen LogP contribution is -2.42. The van der Waals surface area contributed by atoms with Crippen molar-refractivity contribution in [1.29, 1.82) is 0 Å². The number of alkyl halides is 2. The third-order valence-electron chi connectivity index (χ3n) is 3.16. The molecule has 21 heavy (non-hydrogen) atoms. The third kappa shape index (κ3) is 5.30. The molecule has 0 heterocycles. The lowest BCUT2D eigenvalue weighted by molar-refractivity contribution is -0.144. The number of rotatable bonds is 7. The fourth-order valence-electron chi connectivity index (χ4n) is 1.96. The number of carbonyl (C=O) groups excluding carboxylic acids is 1. The standard InChI is InChI=1S/C15H21F2NO3/c1-9(2)13(14(19)20-4)18-10(3)11-5-7-12(8-6-11)21-15(16)17/h5-10,13,15,18H,1-4H3/t10?,13-/m0/s1. The Morgan fingerprint density at radius 2 is 1.71 bits per heavy atom. The molecule has 0 aliphatic carbocycles. The minimum atomic E-state index is -2.84. The second-order valence-electron chi connectivity index (χ2n) is 5.08. The van der Waals surface area contributed by atoms with Gasteiger partial charge < -0.3 is 9.47 Å². The van der Waals surface area contributed by atoms with Crippen molar-refractivity contribution in [3.8, 4) is 5.75 Å². The van der Waals surface area contributed by atoms with E-state index in [9.17, 15) is 13.6 Å². The number of hydrogen-bond acceptors (Lipinski definition) is 4. The average molecular weight is 301 g/mol. The molecule has 1 unspecified atom stereocenters. The van der Waals surface area contributed by atoms with E-state index in [1.165, 1.54) is 19.2 Å². The van der Waals surface area contributed by atoms with Gasteiger partial charge in [0.15, 0.2) is 0 Å². The predicted molar refractivity (Wildman–Crippen MR) is 75.3 cm³/mol. The first-order valence-corrected chi connectivity index (χ1v) is 6.73. The molecule has 0 saturated heterocycles. The second-order valence-corrected chi connectivity index (χ2v) is 5.08. The Labute approximate surface area is 123 Å². The van der Waals surface area contributed by atoms with Gasteiger partial charge in [-0.2, -0.15) is 8.78 Å². The van der Waals surface area contributed by atoms with Crippen LogP contribution in [0.4, 0.5) is 8.78 Å². The molecule has 0 saturated carbocycles. The minimum Gasteiger partial charge on any atom is -0.468 e. The molecular formula is C15H21F2NO3. The van der Waals surface area contributed by atoms with E-state index in [2.05, 4.69) is 10.1 Å². The van der Waals surface area contributed by atoms with Gasteiger partial charge in [0.1, 0.15) is 11.8 Å². The Morgan fingerprint density at radius 3 is 2.14 bits per heavy atom. The van der Waals surface area contributed by atoms with Crippen molar-refractivity contribution < 1.29 is 23.0 Å². The van der Waals surface area contributed by atoms with Crippen LogP contribution in [0.15, 0.2) is 24.3 Å². The van der Waals surface area contributed by atoms with Crippen molar-refractivity contribution in [1.82, 2.24) is 5.32 Å². The lowest BCUT2D eigenvalue weighted by atomic mass is 10.0. The highest BCUT2D eigenvalue weighted by atomic mass is 19.3. The number of benzene rings is 1. The predicted octanol–water partition coefficient (Wildman–Crippen LogP) is 3.14. The van der Waals surface area contributed by atoms with Gasteiger partial charge in [0.2, 0.25) is 0 Å². The molecule has 1 rings (SSSR count). The number of carbonyl (C=O) groups is 1. The highest BCUT2D eigenvalue weighted by molar-refractivity contribution is 5.76. The van der Waals surface area contributed by atoms with Crippen LogP contribution >= 0.6 is 0 Å². The van der Waals surface area contributed by atoms with Gasteiger partial charge in [-0.15, -0.1) is 0 Å². The molecule has 0 fully saturated rings. The van der Waals surface area contributed by atoms with Crippen LogP contribution in [-0.4, -0.2) is 25.7 Å². The van der Waals surface area contributed by atoms with Crippen LogP contribution in [-0.2, 0) is 9.53 Å². The topological polar surface area (TPSA) is 47.6 Å². The number of halogens is 2. The van der Waals surface area contributed by atoms with Crippen LogP contribution in [0.3, 0.4) is 0 Å². The highest BCUT2D eigenvalue weighted by Crippen LogP contribution is 2.20. The van der Waals surface area contributed by atoms with E-state index in [1.807, 2.05) is 20.8 Å². The smallest absolute Gasteiger partial charge is 0.387 e. The molecule has 118 valence electrons. The van der Waals surface area contributed by atoms with E-state index in [0.29, 0.717) is 0 Å². The van der Waals surface area contributed by atoms with Gasteiger partial charge in [-0.3, -0.25) is 10.1 Å². The molecule has 0 aromatic heterocycles. The summed E-state index contributed by atoms with van der Waals surface area (Å²) in [6.45, 7) is 2.89.